The molecule has 0 aromatic heterocycles. The second kappa shape index (κ2) is 6.98. The highest BCUT2D eigenvalue weighted by atomic mass is 16.2. The molecule has 0 atom stereocenters. The zero-order valence-electron chi connectivity index (χ0n) is 11.6. The van der Waals surface area contributed by atoms with Crippen LogP contribution in [0.3, 0.4) is 0 Å². The minimum atomic E-state index is 0.100. The van der Waals surface area contributed by atoms with Crippen LogP contribution in [0.2, 0.25) is 0 Å². The first kappa shape index (κ1) is 13.7. The number of nitrogens with zero attached hydrogens (tertiary/aromatic N) is 1. The molecule has 4 heteroatoms. The smallest absolute Gasteiger partial charge is 0.317 e. The number of nitrogens with one attached hydrogen (secondary N) is 2. The van der Waals surface area contributed by atoms with Crippen molar-refractivity contribution in [3.05, 3.63) is 0 Å². The van der Waals surface area contributed by atoms with Crippen molar-refractivity contribution in [3.63, 3.8) is 0 Å². The van der Waals surface area contributed by atoms with Crippen LogP contribution in [0, 0.1) is 5.92 Å². The van der Waals surface area contributed by atoms with E-state index in [0.717, 1.165) is 32.1 Å². The number of amides is 2. The fraction of sp³-hybridized carbons (Fsp3) is 0.929. The molecule has 2 amide bonds. The van der Waals surface area contributed by atoms with Gasteiger partial charge in [-0.05, 0) is 31.6 Å². The number of rotatable bonds is 6. The summed E-state index contributed by atoms with van der Waals surface area (Å²) in [4.78, 5) is 13.3. The Hall–Kier alpha value is -0.770. The second-order valence-corrected chi connectivity index (χ2v) is 5.68. The normalized spacial score (nSPS) is 28.5. The fourth-order valence-corrected chi connectivity index (χ4v) is 3.19. The Bertz CT molecular complexity index is 262. The minimum absolute atomic E-state index is 0.100. The molecule has 18 heavy (non-hydrogen) atoms. The van der Waals surface area contributed by atoms with E-state index in [9.17, 15) is 4.79 Å². The Morgan fingerprint density at radius 1 is 1.33 bits per heavy atom. The first-order chi connectivity index (χ1) is 8.79. The maximum absolute atomic E-state index is 11.4. The molecule has 4 nitrogen and oxygen atoms in total. The zero-order chi connectivity index (χ0) is 12.8. The molecule has 0 radical (unpaired) electrons. The standard InChI is InChI=1S/C14H27N3O/c1-2-3-12-4-6-13(7-5-12)15-8-10-17-11-9-16-14(17)18/h12-13,15H,2-11H2,1H3,(H,16,18). The quantitative estimate of drug-likeness (QED) is 0.760. The van der Waals surface area contributed by atoms with Gasteiger partial charge in [-0.25, -0.2) is 4.79 Å². The van der Waals surface area contributed by atoms with Crippen molar-refractivity contribution in [2.75, 3.05) is 26.2 Å². The summed E-state index contributed by atoms with van der Waals surface area (Å²) in [6.45, 7) is 5.74. The molecule has 1 saturated heterocycles. The molecular weight excluding hydrogens is 226 g/mol. The third-order valence-corrected chi connectivity index (χ3v) is 4.30. The highest BCUT2D eigenvalue weighted by molar-refractivity contribution is 5.76. The Balaban J connectivity index is 1.56. The van der Waals surface area contributed by atoms with E-state index in [0.29, 0.717) is 6.04 Å². The number of carbonyl (C=O) groups is 1. The van der Waals surface area contributed by atoms with Crippen LogP contribution in [0.4, 0.5) is 4.79 Å². The topological polar surface area (TPSA) is 44.4 Å². The van der Waals surface area contributed by atoms with Gasteiger partial charge in [0.15, 0.2) is 0 Å². The Morgan fingerprint density at radius 2 is 2.11 bits per heavy atom. The van der Waals surface area contributed by atoms with Crippen molar-refractivity contribution in [3.8, 4) is 0 Å². The maximum Gasteiger partial charge on any atom is 0.317 e. The molecule has 2 N–H and O–H groups in total. The Kier molecular flexibility index (Phi) is 5.29. The Morgan fingerprint density at radius 3 is 2.72 bits per heavy atom. The van der Waals surface area contributed by atoms with Crippen molar-refractivity contribution >= 4 is 6.03 Å². The van der Waals surface area contributed by atoms with E-state index in [4.69, 9.17) is 0 Å². The van der Waals surface area contributed by atoms with E-state index < -0.39 is 0 Å². The van der Waals surface area contributed by atoms with Crippen LogP contribution in [0.1, 0.15) is 45.4 Å². The first-order valence-corrected chi connectivity index (χ1v) is 7.55. The van der Waals surface area contributed by atoms with Gasteiger partial charge in [0.05, 0.1) is 0 Å². The van der Waals surface area contributed by atoms with Gasteiger partial charge >= 0.3 is 6.03 Å². The van der Waals surface area contributed by atoms with Crippen LogP contribution in [-0.4, -0.2) is 43.2 Å². The number of hydrogen-bond donors (Lipinski definition) is 2. The summed E-state index contributed by atoms with van der Waals surface area (Å²) in [5, 5.41) is 6.45. The Labute approximate surface area is 110 Å². The molecule has 0 aromatic rings. The van der Waals surface area contributed by atoms with Crippen LogP contribution < -0.4 is 10.6 Å². The first-order valence-electron chi connectivity index (χ1n) is 7.55. The monoisotopic (exact) mass is 253 g/mol. The van der Waals surface area contributed by atoms with Crippen LogP contribution in [-0.2, 0) is 0 Å². The molecule has 1 heterocycles. The molecule has 0 spiro atoms. The third kappa shape index (κ3) is 3.87. The molecule has 1 aliphatic heterocycles. The lowest BCUT2D eigenvalue weighted by Crippen LogP contribution is -2.40. The number of hydrogen-bond acceptors (Lipinski definition) is 2. The SMILES string of the molecule is CCCC1CCC(NCCN2CCNC2=O)CC1. The molecule has 2 rings (SSSR count). The van der Waals surface area contributed by atoms with Gasteiger partial charge in [0.2, 0.25) is 0 Å². The van der Waals surface area contributed by atoms with Crippen molar-refractivity contribution in [2.45, 2.75) is 51.5 Å². The highest BCUT2D eigenvalue weighted by Gasteiger charge is 2.21. The second-order valence-electron chi connectivity index (χ2n) is 5.68. The van der Waals surface area contributed by atoms with Gasteiger partial charge in [-0.1, -0.05) is 19.8 Å². The predicted molar refractivity (Wildman–Crippen MR) is 73.6 cm³/mol. The van der Waals surface area contributed by atoms with Gasteiger partial charge in [-0.15, -0.1) is 0 Å². The summed E-state index contributed by atoms with van der Waals surface area (Å²) < 4.78 is 0. The average molecular weight is 253 g/mol. The lowest BCUT2D eigenvalue weighted by Gasteiger charge is -2.29. The molecule has 2 fully saturated rings. The zero-order valence-corrected chi connectivity index (χ0v) is 11.6. The van der Waals surface area contributed by atoms with E-state index in [1.807, 2.05) is 4.90 Å². The highest BCUT2D eigenvalue weighted by Crippen LogP contribution is 2.27. The van der Waals surface area contributed by atoms with Gasteiger partial charge in [-0.3, -0.25) is 0 Å². The number of carbonyl (C=O) groups excluding carboxylic acids is 1. The van der Waals surface area contributed by atoms with Crippen LogP contribution in [0.15, 0.2) is 0 Å². The van der Waals surface area contributed by atoms with E-state index in [-0.39, 0.29) is 6.03 Å². The van der Waals surface area contributed by atoms with E-state index >= 15 is 0 Å². The molecule has 2 aliphatic rings. The number of urea groups is 1. The van der Waals surface area contributed by atoms with E-state index in [2.05, 4.69) is 17.6 Å². The lowest BCUT2D eigenvalue weighted by molar-refractivity contribution is 0.215. The molecule has 0 aromatic carbocycles. The van der Waals surface area contributed by atoms with E-state index in [1.54, 1.807) is 0 Å². The molecule has 104 valence electrons. The van der Waals surface area contributed by atoms with Crippen LogP contribution in [0.25, 0.3) is 0 Å². The summed E-state index contributed by atoms with van der Waals surface area (Å²) in [7, 11) is 0. The fourth-order valence-electron chi connectivity index (χ4n) is 3.19. The predicted octanol–water partition coefficient (Wildman–Crippen LogP) is 1.96. The van der Waals surface area contributed by atoms with Crippen LogP contribution in [0.5, 0.6) is 0 Å². The summed E-state index contributed by atoms with van der Waals surface area (Å²) in [5.74, 6) is 0.970. The minimum Gasteiger partial charge on any atom is -0.336 e. The molecule has 0 unspecified atom stereocenters. The summed E-state index contributed by atoms with van der Waals surface area (Å²) in [5.41, 5.74) is 0. The van der Waals surface area contributed by atoms with Gasteiger partial charge in [-0.2, -0.15) is 0 Å². The van der Waals surface area contributed by atoms with Gasteiger partial charge in [0, 0.05) is 32.2 Å². The maximum atomic E-state index is 11.4. The lowest BCUT2D eigenvalue weighted by atomic mass is 9.83. The van der Waals surface area contributed by atoms with Crippen molar-refractivity contribution < 1.29 is 4.79 Å². The van der Waals surface area contributed by atoms with Crippen molar-refractivity contribution in [2.24, 2.45) is 5.92 Å². The third-order valence-electron chi connectivity index (χ3n) is 4.30. The van der Waals surface area contributed by atoms with E-state index in [1.165, 1.54) is 38.5 Å². The van der Waals surface area contributed by atoms with Crippen molar-refractivity contribution in [1.29, 1.82) is 0 Å². The average Bonchev–Trinajstić information content (AvgIpc) is 2.78. The summed E-state index contributed by atoms with van der Waals surface area (Å²) >= 11 is 0. The van der Waals surface area contributed by atoms with Gasteiger partial charge < -0.3 is 15.5 Å². The van der Waals surface area contributed by atoms with Gasteiger partial charge in [0.1, 0.15) is 0 Å². The molecule has 1 aliphatic carbocycles. The summed E-state index contributed by atoms with van der Waals surface area (Å²) in [6, 6.07) is 0.784. The molecule has 1 saturated carbocycles. The van der Waals surface area contributed by atoms with Gasteiger partial charge in [0.25, 0.3) is 0 Å². The molecular formula is C14H27N3O. The van der Waals surface area contributed by atoms with Crippen molar-refractivity contribution in [1.82, 2.24) is 15.5 Å². The molecule has 0 bridgehead atoms. The summed E-state index contributed by atoms with van der Waals surface area (Å²) in [6.07, 6.45) is 8.13. The van der Waals surface area contributed by atoms with Crippen LogP contribution >= 0.6 is 0 Å². The largest absolute Gasteiger partial charge is 0.336 e.